The van der Waals surface area contributed by atoms with Crippen LogP contribution in [-0.4, -0.2) is 62.7 Å². The van der Waals surface area contributed by atoms with Crippen molar-refractivity contribution in [1.29, 1.82) is 0 Å². The third kappa shape index (κ3) is 2.12. The predicted octanol–water partition coefficient (Wildman–Crippen LogP) is 2.23. The van der Waals surface area contributed by atoms with Crippen molar-refractivity contribution in [3.8, 4) is 11.5 Å². The van der Waals surface area contributed by atoms with Gasteiger partial charge in [-0.2, -0.15) is 0 Å². The Labute approximate surface area is 160 Å². The van der Waals surface area contributed by atoms with Gasteiger partial charge in [0.25, 0.3) is 0 Å². The van der Waals surface area contributed by atoms with E-state index in [1.807, 2.05) is 14.1 Å². The van der Waals surface area contributed by atoms with E-state index in [0.717, 1.165) is 30.9 Å². The van der Waals surface area contributed by atoms with Gasteiger partial charge in [-0.3, -0.25) is 4.79 Å². The number of ether oxygens (including phenoxy) is 2. The molecule has 4 aliphatic rings. The predicted molar refractivity (Wildman–Crippen MR) is 103 cm³/mol. The molecule has 1 aromatic carbocycles. The van der Waals surface area contributed by atoms with Crippen LogP contribution < -0.4 is 9.47 Å². The van der Waals surface area contributed by atoms with Gasteiger partial charge >= 0.3 is 0 Å². The van der Waals surface area contributed by atoms with Crippen LogP contribution in [0, 0.1) is 11.8 Å². The zero-order valence-electron chi connectivity index (χ0n) is 16.6. The average Bonchev–Trinajstić information content (AvgIpc) is 2.99. The highest BCUT2D eigenvalue weighted by Gasteiger charge is 2.64. The first-order chi connectivity index (χ1) is 13.0. The van der Waals surface area contributed by atoms with Gasteiger partial charge in [-0.05, 0) is 56.0 Å². The number of likely N-dealkylation sites (tertiary alicyclic amines) is 1. The van der Waals surface area contributed by atoms with Crippen LogP contribution in [0.3, 0.4) is 0 Å². The molecule has 0 saturated carbocycles. The summed E-state index contributed by atoms with van der Waals surface area (Å²) in [6, 6.07) is 4.72. The summed E-state index contributed by atoms with van der Waals surface area (Å²) < 4.78 is 12.1. The summed E-state index contributed by atoms with van der Waals surface area (Å²) in [5, 5.41) is 0. The molecule has 144 valence electrons. The number of nitrogens with zero attached hydrogens (tertiary/aromatic N) is 2. The Hall–Kier alpha value is -2.01. The van der Waals surface area contributed by atoms with E-state index in [9.17, 15) is 4.79 Å². The largest absolute Gasteiger partial charge is 0.493 e. The van der Waals surface area contributed by atoms with Gasteiger partial charge in [0.2, 0.25) is 5.91 Å². The maximum Gasteiger partial charge on any atom is 0.222 e. The summed E-state index contributed by atoms with van der Waals surface area (Å²) in [6.07, 6.45) is 7.19. The van der Waals surface area contributed by atoms with Gasteiger partial charge in [-0.25, -0.2) is 0 Å². The van der Waals surface area contributed by atoms with Gasteiger partial charge in [0.1, 0.15) is 6.10 Å². The Kier molecular flexibility index (Phi) is 3.64. The van der Waals surface area contributed by atoms with Gasteiger partial charge in [0, 0.05) is 37.5 Å². The Balaban J connectivity index is 1.68. The molecule has 2 aliphatic heterocycles. The van der Waals surface area contributed by atoms with Crippen LogP contribution in [0.2, 0.25) is 0 Å². The van der Waals surface area contributed by atoms with Crippen molar-refractivity contribution in [2.24, 2.45) is 11.8 Å². The Bertz CT molecular complexity index is 833. The molecular formula is C22H28N2O3. The SMILES string of the molecule is COc1ccc2c3c1O[C@H]1C=C[C@@H](CC(=O)N(C)C)[C@H]4[C@@H](C2)N(C)CC[C@@]341. The monoisotopic (exact) mass is 368 g/mol. The van der Waals surface area contributed by atoms with Gasteiger partial charge in [0.15, 0.2) is 11.5 Å². The summed E-state index contributed by atoms with van der Waals surface area (Å²) >= 11 is 0. The lowest BCUT2D eigenvalue weighted by molar-refractivity contribution is -0.131. The van der Waals surface area contributed by atoms with Gasteiger partial charge < -0.3 is 19.3 Å². The van der Waals surface area contributed by atoms with Gasteiger partial charge in [-0.15, -0.1) is 0 Å². The first-order valence-electron chi connectivity index (χ1n) is 9.93. The maximum absolute atomic E-state index is 12.6. The lowest BCUT2D eigenvalue weighted by Gasteiger charge is -2.58. The van der Waals surface area contributed by atoms with Crippen molar-refractivity contribution in [3.63, 3.8) is 0 Å². The molecule has 2 heterocycles. The Morgan fingerprint density at radius 3 is 2.93 bits per heavy atom. The molecule has 5 nitrogen and oxygen atoms in total. The van der Waals surface area contributed by atoms with E-state index in [4.69, 9.17) is 9.47 Å². The molecule has 1 spiro atoms. The number of carbonyl (C=O) groups is 1. The second-order valence-corrected chi connectivity index (χ2v) is 8.78. The van der Waals surface area contributed by atoms with Crippen LogP contribution in [-0.2, 0) is 16.6 Å². The molecule has 0 N–H and O–H groups in total. The second-order valence-electron chi connectivity index (χ2n) is 8.78. The Morgan fingerprint density at radius 2 is 2.19 bits per heavy atom. The minimum Gasteiger partial charge on any atom is -0.493 e. The molecule has 5 atom stereocenters. The molecular weight excluding hydrogens is 340 g/mol. The average molecular weight is 368 g/mol. The molecule has 1 aromatic rings. The van der Waals surface area contributed by atoms with Crippen molar-refractivity contribution in [1.82, 2.24) is 9.80 Å². The van der Waals surface area contributed by atoms with E-state index < -0.39 is 0 Å². The molecule has 27 heavy (non-hydrogen) atoms. The number of hydrogen-bond acceptors (Lipinski definition) is 4. The molecule has 5 rings (SSSR count). The number of amides is 1. The van der Waals surface area contributed by atoms with E-state index in [-0.39, 0.29) is 23.3 Å². The van der Waals surface area contributed by atoms with Crippen LogP contribution in [0.4, 0.5) is 0 Å². The number of benzene rings is 1. The summed E-state index contributed by atoms with van der Waals surface area (Å²) in [6.45, 7) is 1.07. The highest BCUT2D eigenvalue weighted by Crippen LogP contribution is 2.63. The van der Waals surface area contributed by atoms with Gasteiger partial charge in [0.05, 0.1) is 7.11 Å². The topological polar surface area (TPSA) is 42.0 Å². The zero-order chi connectivity index (χ0) is 18.9. The van der Waals surface area contributed by atoms with Crippen molar-refractivity contribution in [2.45, 2.75) is 36.8 Å². The molecule has 1 saturated heterocycles. The number of carbonyl (C=O) groups excluding carboxylic acids is 1. The summed E-state index contributed by atoms with van der Waals surface area (Å²) in [7, 11) is 7.65. The van der Waals surface area contributed by atoms with Crippen LogP contribution in [0.15, 0.2) is 24.3 Å². The van der Waals surface area contributed by atoms with Crippen LogP contribution in [0.5, 0.6) is 11.5 Å². The van der Waals surface area contributed by atoms with Gasteiger partial charge in [-0.1, -0.05) is 12.1 Å². The number of hydrogen-bond donors (Lipinski definition) is 0. The lowest BCUT2D eigenvalue weighted by Crippen LogP contribution is -2.64. The smallest absolute Gasteiger partial charge is 0.222 e. The number of likely N-dealkylation sites (N-methyl/N-ethyl adjacent to an activating group) is 1. The first-order valence-corrected chi connectivity index (χ1v) is 9.93. The number of rotatable bonds is 3. The maximum atomic E-state index is 12.6. The van der Waals surface area contributed by atoms with Crippen molar-refractivity contribution < 1.29 is 14.3 Å². The van der Waals surface area contributed by atoms with Crippen molar-refractivity contribution in [2.75, 3.05) is 34.8 Å². The standard InChI is InChI=1S/C22H28N2O3/c1-23(2)18(25)12-14-6-8-17-22-9-10-24(3)15(19(14)22)11-13-5-7-16(26-4)21(27-17)20(13)22/h5-8,14-15,17,19H,9-12H2,1-4H3/t14-,15+,17-,19-,22-/m0/s1. The molecule has 0 radical (unpaired) electrons. The third-order valence-corrected chi connectivity index (χ3v) is 7.43. The normalized spacial score (nSPS) is 35.4. The number of piperidine rings is 1. The molecule has 1 amide bonds. The fourth-order valence-electron chi connectivity index (χ4n) is 6.20. The van der Waals surface area contributed by atoms with E-state index in [1.165, 1.54) is 11.1 Å². The first kappa shape index (κ1) is 17.1. The van der Waals surface area contributed by atoms with E-state index in [1.54, 1.807) is 12.0 Å². The van der Waals surface area contributed by atoms with E-state index in [0.29, 0.717) is 18.4 Å². The van der Waals surface area contributed by atoms with Crippen molar-refractivity contribution in [3.05, 3.63) is 35.4 Å². The van der Waals surface area contributed by atoms with Crippen molar-refractivity contribution >= 4 is 5.91 Å². The Morgan fingerprint density at radius 1 is 1.37 bits per heavy atom. The minimum atomic E-state index is -0.0271. The third-order valence-electron chi connectivity index (χ3n) is 7.43. The lowest BCUT2D eigenvalue weighted by atomic mass is 9.50. The quantitative estimate of drug-likeness (QED) is 0.768. The molecule has 0 unspecified atom stereocenters. The zero-order valence-corrected chi connectivity index (χ0v) is 16.6. The molecule has 2 aliphatic carbocycles. The highest BCUT2D eigenvalue weighted by molar-refractivity contribution is 5.76. The minimum absolute atomic E-state index is 0.0271. The molecule has 0 aromatic heterocycles. The fraction of sp³-hybridized carbons (Fsp3) is 0.591. The van der Waals surface area contributed by atoms with Crippen LogP contribution >= 0.6 is 0 Å². The molecule has 5 heteroatoms. The highest BCUT2D eigenvalue weighted by atomic mass is 16.5. The molecule has 1 fully saturated rings. The fourth-order valence-corrected chi connectivity index (χ4v) is 6.20. The van der Waals surface area contributed by atoms with Crippen LogP contribution in [0.1, 0.15) is 24.0 Å². The number of methoxy groups -OCH3 is 1. The van der Waals surface area contributed by atoms with E-state index >= 15 is 0 Å². The summed E-state index contributed by atoms with van der Waals surface area (Å²) in [5.41, 5.74) is 2.74. The number of allylic oxidation sites excluding steroid dienone is 1. The second kappa shape index (κ2) is 5.74. The van der Waals surface area contributed by atoms with Crippen LogP contribution in [0.25, 0.3) is 0 Å². The van der Waals surface area contributed by atoms with E-state index in [2.05, 4.69) is 36.2 Å². The molecule has 2 bridgehead atoms. The summed E-state index contributed by atoms with van der Waals surface area (Å²) in [5.74, 6) is 2.63. The summed E-state index contributed by atoms with van der Waals surface area (Å²) in [4.78, 5) is 16.8.